The monoisotopic (exact) mass is 294 g/mol. The quantitative estimate of drug-likeness (QED) is 0.653. The van der Waals surface area contributed by atoms with Crippen molar-refractivity contribution in [1.82, 2.24) is 15.6 Å². The minimum atomic E-state index is -0.668. The Kier molecular flexibility index (Phi) is 5.08. The Morgan fingerprint density at radius 1 is 1.33 bits per heavy atom. The summed E-state index contributed by atoms with van der Waals surface area (Å²) >= 11 is 0. The molecule has 0 saturated heterocycles. The van der Waals surface area contributed by atoms with Gasteiger partial charge in [-0.15, -0.1) is 0 Å². The van der Waals surface area contributed by atoms with E-state index in [1.807, 2.05) is 6.92 Å². The van der Waals surface area contributed by atoms with E-state index >= 15 is 0 Å². The van der Waals surface area contributed by atoms with Crippen LogP contribution in [0.15, 0.2) is 12.3 Å². The maximum absolute atomic E-state index is 14.0. The molecule has 0 radical (unpaired) electrons. The number of hydrogen-bond acceptors (Lipinski definition) is 4. The van der Waals surface area contributed by atoms with Crippen LogP contribution in [0.5, 0.6) is 0 Å². The lowest BCUT2D eigenvalue weighted by Crippen LogP contribution is -2.35. The number of pyridine rings is 1. The fourth-order valence-corrected chi connectivity index (χ4v) is 1.86. The Hall–Kier alpha value is -2.18. The third-order valence-corrected chi connectivity index (χ3v) is 3.14. The molecule has 3 N–H and O–H groups in total. The molecular formula is C14H19FN4O2. The molecule has 1 heterocycles. The third-order valence-electron chi connectivity index (χ3n) is 3.14. The molecule has 2 amide bonds. The van der Waals surface area contributed by atoms with Crippen molar-refractivity contribution in [3.8, 4) is 0 Å². The molecule has 2 rings (SSSR count). The Morgan fingerprint density at radius 2 is 2.05 bits per heavy atom. The van der Waals surface area contributed by atoms with Gasteiger partial charge in [0, 0.05) is 31.7 Å². The average Bonchev–Trinajstić information content (AvgIpc) is 3.30. The minimum Gasteiger partial charge on any atom is -0.368 e. The molecule has 21 heavy (non-hydrogen) atoms. The van der Waals surface area contributed by atoms with Gasteiger partial charge < -0.3 is 16.0 Å². The largest absolute Gasteiger partial charge is 0.368 e. The second kappa shape index (κ2) is 7.01. The molecule has 0 aromatic carbocycles. The van der Waals surface area contributed by atoms with E-state index in [0.717, 1.165) is 12.8 Å². The first-order valence-electron chi connectivity index (χ1n) is 7.07. The summed E-state index contributed by atoms with van der Waals surface area (Å²) in [5.41, 5.74) is -0.0607. The molecule has 1 aliphatic carbocycles. The first-order chi connectivity index (χ1) is 10.1. The molecule has 1 fully saturated rings. The van der Waals surface area contributed by atoms with Crippen molar-refractivity contribution in [2.45, 2.75) is 19.8 Å². The van der Waals surface area contributed by atoms with Crippen LogP contribution in [-0.4, -0.2) is 36.4 Å². The van der Waals surface area contributed by atoms with Gasteiger partial charge >= 0.3 is 0 Å². The zero-order valence-corrected chi connectivity index (χ0v) is 11.9. The number of carbonyl (C=O) groups is 2. The predicted octanol–water partition coefficient (Wildman–Crippen LogP) is 0.908. The molecule has 6 nitrogen and oxygen atoms in total. The van der Waals surface area contributed by atoms with Crippen LogP contribution in [0, 0.1) is 11.7 Å². The van der Waals surface area contributed by atoms with Crippen LogP contribution >= 0.6 is 0 Å². The SMILES string of the molecule is CCNc1nccc(C(=O)NCCNC(=O)C2CC2)c1F. The van der Waals surface area contributed by atoms with E-state index in [1.54, 1.807) is 0 Å². The number of rotatable bonds is 7. The van der Waals surface area contributed by atoms with E-state index in [0.29, 0.717) is 13.1 Å². The molecule has 0 atom stereocenters. The van der Waals surface area contributed by atoms with Crippen LogP contribution in [0.25, 0.3) is 0 Å². The van der Waals surface area contributed by atoms with Gasteiger partial charge in [0.15, 0.2) is 11.6 Å². The number of nitrogens with zero attached hydrogens (tertiary/aromatic N) is 1. The van der Waals surface area contributed by atoms with Crippen molar-refractivity contribution in [3.05, 3.63) is 23.6 Å². The smallest absolute Gasteiger partial charge is 0.254 e. The second-order valence-electron chi connectivity index (χ2n) is 4.87. The molecule has 1 aromatic rings. The van der Waals surface area contributed by atoms with Crippen molar-refractivity contribution < 1.29 is 14.0 Å². The summed E-state index contributed by atoms with van der Waals surface area (Å²) in [6, 6.07) is 1.33. The Labute approximate surface area is 122 Å². The first-order valence-corrected chi connectivity index (χ1v) is 7.07. The van der Waals surface area contributed by atoms with E-state index in [9.17, 15) is 14.0 Å². The lowest BCUT2D eigenvalue weighted by atomic mass is 10.2. The Balaban J connectivity index is 1.82. The van der Waals surface area contributed by atoms with Crippen molar-refractivity contribution in [1.29, 1.82) is 0 Å². The Morgan fingerprint density at radius 3 is 2.71 bits per heavy atom. The van der Waals surface area contributed by atoms with E-state index in [2.05, 4.69) is 20.9 Å². The van der Waals surface area contributed by atoms with Gasteiger partial charge in [0.1, 0.15) is 0 Å². The summed E-state index contributed by atoms with van der Waals surface area (Å²) in [7, 11) is 0. The summed E-state index contributed by atoms with van der Waals surface area (Å²) in [5, 5.41) is 8.05. The van der Waals surface area contributed by atoms with Gasteiger partial charge in [0.25, 0.3) is 5.91 Å². The zero-order valence-electron chi connectivity index (χ0n) is 11.9. The first kappa shape index (κ1) is 15.2. The summed E-state index contributed by atoms with van der Waals surface area (Å²) in [6.07, 6.45) is 3.26. The molecule has 0 aliphatic heterocycles. The topological polar surface area (TPSA) is 83.1 Å². The van der Waals surface area contributed by atoms with E-state index in [-0.39, 0.29) is 29.8 Å². The highest BCUT2D eigenvalue weighted by molar-refractivity contribution is 5.95. The number of hydrogen-bond donors (Lipinski definition) is 3. The normalized spacial score (nSPS) is 13.6. The third kappa shape index (κ3) is 4.14. The van der Waals surface area contributed by atoms with Gasteiger partial charge in [-0.2, -0.15) is 0 Å². The fraction of sp³-hybridized carbons (Fsp3) is 0.500. The lowest BCUT2D eigenvalue weighted by molar-refractivity contribution is -0.122. The summed E-state index contributed by atoms with van der Waals surface area (Å²) in [6.45, 7) is 2.93. The predicted molar refractivity (Wildman–Crippen MR) is 76.4 cm³/mol. The number of nitrogens with one attached hydrogen (secondary N) is 3. The molecule has 1 aliphatic rings. The van der Waals surface area contributed by atoms with Gasteiger partial charge in [-0.25, -0.2) is 9.37 Å². The van der Waals surface area contributed by atoms with E-state index in [4.69, 9.17) is 0 Å². The van der Waals surface area contributed by atoms with Gasteiger partial charge in [0.2, 0.25) is 5.91 Å². The van der Waals surface area contributed by atoms with Gasteiger partial charge in [-0.05, 0) is 25.8 Å². The van der Waals surface area contributed by atoms with Crippen molar-refractivity contribution in [3.63, 3.8) is 0 Å². The zero-order chi connectivity index (χ0) is 15.2. The van der Waals surface area contributed by atoms with Crippen LogP contribution in [0.1, 0.15) is 30.1 Å². The van der Waals surface area contributed by atoms with E-state index < -0.39 is 11.7 Å². The van der Waals surface area contributed by atoms with Gasteiger partial charge in [-0.3, -0.25) is 9.59 Å². The minimum absolute atomic E-state index is 0.0220. The van der Waals surface area contributed by atoms with E-state index in [1.165, 1.54) is 12.3 Å². The van der Waals surface area contributed by atoms with Crippen LogP contribution in [0.3, 0.4) is 0 Å². The van der Waals surface area contributed by atoms with Gasteiger partial charge in [-0.1, -0.05) is 0 Å². The highest BCUT2D eigenvalue weighted by atomic mass is 19.1. The lowest BCUT2D eigenvalue weighted by Gasteiger charge is -2.09. The maximum atomic E-state index is 14.0. The number of aromatic nitrogens is 1. The second-order valence-corrected chi connectivity index (χ2v) is 4.87. The fourth-order valence-electron chi connectivity index (χ4n) is 1.86. The van der Waals surface area contributed by atoms with Crippen molar-refractivity contribution >= 4 is 17.6 Å². The highest BCUT2D eigenvalue weighted by Crippen LogP contribution is 2.28. The standard InChI is InChI=1S/C14H19FN4O2/c1-2-16-12-11(15)10(5-6-17-12)14(21)19-8-7-18-13(20)9-3-4-9/h5-6,9H,2-4,7-8H2,1H3,(H,16,17)(H,18,20)(H,19,21). The molecule has 1 saturated carbocycles. The highest BCUT2D eigenvalue weighted by Gasteiger charge is 2.29. The molecule has 114 valence electrons. The molecular weight excluding hydrogens is 275 g/mol. The molecule has 0 unspecified atom stereocenters. The number of carbonyl (C=O) groups excluding carboxylic acids is 2. The van der Waals surface area contributed by atoms with Crippen LogP contribution in [0.2, 0.25) is 0 Å². The molecule has 1 aromatic heterocycles. The number of amides is 2. The summed E-state index contributed by atoms with van der Waals surface area (Å²) in [4.78, 5) is 27.1. The average molecular weight is 294 g/mol. The number of anilines is 1. The summed E-state index contributed by atoms with van der Waals surface area (Å²) in [5.74, 6) is -0.962. The summed E-state index contributed by atoms with van der Waals surface area (Å²) < 4.78 is 14.0. The van der Waals surface area contributed by atoms with Crippen molar-refractivity contribution in [2.24, 2.45) is 5.92 Å². The molecule has 7 heteroatoms. The molecule has 0 spiro atoms. The maximum Gasteiger partial charge on any atom is 0.254 e. The Bertz CT molecular complexity index is 532. The van der Waals surface area contributed by atoms with Gasteiger partial charge in [0.05, 0.1) is 5.56 Å². The van der Waals surface area contributed by atoms with Crippen LogP contribution < -0.4 is 16.0 Å². The van der Waals surface area contributed by atoms with Crippen LogP contribution in [-0.2, 0) is 4.79 Å². The van der Waals surface area contributed by atoms with Crippen LogP contribution in [0.4, 0.5) is 10.2 Å². The number of halogens is 1. The van der Waals surface area contributed by atoms with Crippen molar-refractivity contribution in [2.75, 3.05) is 25.0 Å². The molecule has 0 bridgehead atoms.